The molecule has 0 aliphatic rings. The first-order valence-electron chi connectivity index (χ1n) is 7.05. The van der Waals surface area contributed by atoms with Gasteiger partial charge in [0.15, 0.2) is 0 Å². The zero-order valence-corrected chi connectivity index (χ0v) is 13.4. The van der Waals surface area contributed by atoms with Crippen molar-refractivity contribution in [3.8, 4) is 0 Å². The molecule has 3 heterocycles. The number of nitrogens with zero attached hydrogens (tertiary/aromatic N) is 1. The van der Waals surface area contributed by atoms with Crippen LogP contribution < -0.4 is 0 Å². The molecule has 106 valence electrons. The van der Waals surface area contributed by atoms with Crippen molar-refractivity contribution >= 4 is 45.2 Å². The predicted octanol–water partition coefficient (Wildman–Crippen LogP) is 5.95. The van der Waals surface area contributed by atoms with Gasteiger partial charge in [-0.3, -0.25) is 0 Å². The molecule has 22 heavy (non-hydrogen) atoms. The summed E-state index contributed by atoms with van der Waals surface area (Å²) in [7, 11) is 0. The molecule has 0 amide bonds. The Morgan fingerprint density at radius 1 is 0.773 bits per heavy atom. The van der Waals surface area contributed by atoms with Gasteiger partial charge in [0, 0.05) is 20.7 Å². The third-order valence-electron chi connectivity index (χ3n) is 3.49. The molecule has 3 heteroatoms. The van der Waals surface area contributed by atoms with Gasteiger partial charge in [-0.2, -0.15) is 0 Å². The van der Waals surface area contributed by atoms with Crippen molar-refractivity contribution in [3.63, 3.8) is 0 Å². The maximum Gasteiger partial charge on any atom is 0.0709 e. The van der Waals surface area contributed by atoms with Crippen LogP contribution >= 0.6 is 22.7 Å². The molecule has 0 saturated carbocycles. The highest BCUT2D eigenvalue weighted by Crippen LogP contribution is 2.32. The second-order valence-electron chi connectivity index (χ2n) is 4.94. The van der Waals surface area contributed by atoms with Crippen LogP contribution in [0.4, 0.5) is 0 Å². The van der Waals surface area contributed by atoms with Crippen molar-refractivity contribution in [2.75, 3.05) is 0 Å². The standard InChI is InChI=1S/C19H13NS2/c1-2-6-17-14(5-1)9-10-15(20-17)13-16(18-7-3-11-21-18)19-8-4-12-22-19/h1-13H. The van der Waals surface area contributed by atoms with Crippen LogP contribution in [0.1, 0.15) is 15.4 Å². The van der Waals surface area contributed by atoms with Crippen molar-refractivity contribution in [3.05, 3.63) is 86.9 Å². The lowest BCUT2D eigenvalue weighted by atomic mass is 10.1. The summed E-state index contributed by atoms with van der Waals surface area (Å²) in [5.41, 5.74) is 3.27. The molecule has 0 unspecified atom stereocenters. The summed E-state index contributed by atoms with van der Waals surface area (Å²) in [5.74, 6) is 0. The van der Waals surface area contributed by atoms with E-state index in [9.17, 15) is 0 Å². The molecule has 1 nitrogen and oxygen atoms in total. The summed E-state index contributed by atoms with van der Waals surface area (Å²) in [6, 6.07) is 21.0. The molecule has 0 aliphatic carbocycles. The van der Waals surface area contributed by atoms with E-state index in [1.807, 2.05) is 12.1 Å². The van der Waals surface area contributed by atoms with Gasteiger partial charge in [-0.25, -0.2) is 4.98 Å². The third-order valence-corrected chi connectivity index (χ3v) is 5.29. The van der Waals surface area contributed by atoms with Crippen LogP contribution in [0.2, 0.25) is 0 Å². The number of pyridine rings is 1. The molecule has 0 spiro atoms. The minimum atomic E-state index is 0.996. The first-order valence-corrected chi connectivity index (χ1v) is 8.81. The Bertz CT molecular complexity index is 883. The Hall–Kier alpha value is -2.23. The smallest absolute Gasteiger partial charge is 0.0709 e. The maximum absolute atomic E-state index is 4.77. The number of hydrogen-bond acceptors (Lipinski definition) is 3. The minimum absolute atomic E-state index is 0.996. The Balaban J connectivity index is 1.85. The number of fused-ring (bicyclic) bond motifs is 1. The quantitative estimate of drug-likeness (QED) is 0.455. The van der Waals surface area contributed by atoms with E-state index in [-0.39, 0.29) is 0 Å². The van der Waals surface area contributed by atoms with Gasteiger partial charge in [0.25, 0.3) is 0 Å². The zero-order valence-electron chi connectivity index (χ0n) is 11.8. The van der Waals surface area contributed by atoms with Gasteiger partial charge in [-0.15, -0.1) is 22.7 Å². The number of hydrogen-bond donors (Lipinski definition) is 0. The highest BCUT2D eigenvalue weighted by molar-refractivity contribution is 7.13. The Labute approximate surface area is 137 Å². The van der Waals surface area contributed by atoms with E-state index < -0.39 is 0 Å². The molecule has 0 saturated heterocycles. The molecule has 4 aromatic rings. The average Bonchev–Trinajstić information content (AvgIpc) is 3.26. The van der Waals surface area contributed by atoms with E-state index in [2.05, 4.69) is 65.4 Å². The molecule has 0 N–H and O–H groups in total. The van der Waals surface area contributed by atoms with Gasteiger partial charge in [0.05, 0.1) is 11.2 Å². The molecule has 0 atom stereocenters. The number of benzene rings is 1. The fourth-order valence-corrected chi connectivity index (χ4v) is 4.02. The van der Waals surface area contributed by atoms with Gasteiger partial charge in [-0.05, 0) is 41.1 Å². The van der Waals surface area contributed by atoms with Crippen LogP contribution in [0.25, 0.3) is 22.6 Å². The SMILES string of the molecule is C(=C(c1cccs1)c1cccs1)c1ccc2ccccc2n1. The Kier molecular flexibility index (Phi) is 3.59. The predicted molar refractivity (Wildman–Crippen MR) is 97.4 cm³/mol. The maximum atomic E-state index is 4.77. The molecule has 0 radical (unpaired) electrons. The highest BCUT2D eigenvalue weighted by atomic mass is 32.1. The van der Waals surface area contributed by atoms with Crippen LogP contribution in [0.3, 0.4) is 0 Å². The van der Waals surface area contributed by atoms with Crippen molar-refractivity contribution in [2.45, 2.75) is 0 Å². The van der Waals surface area contributed by atoms with Gasteiger partial charge >= 0.3 is 0 Å². The summed E-state index contributed by atoms with van der Waals surface area (Å²) in [6.45, 7) is 0. The molecular weight excluding hydrogens is 306 g/mol. The van der Waals surface area contributed by atoms with Crippen LogP contribution in [-0.4, -0.2) is 4.98 Å². The van der Waals surface area contributed by atoms with Crippen LogP contribution in [0.15, 0.2) is 71.4 Å². The van der Waals surface area contributed by atoms with Crippen molar-refractivity contribution in [2.24, 2.45) is 0 Å². The molecule has 4 rings (SSSR count). The average molecular weight is 319 g/mol. The normalized spacial score (nSPS) is 10.7. The Morgan fingerprint density at radius 2 is 1.50 bits per heavy atom. The fraction of sp³-hybridized carbons (Fsp3) is 0. The van der Waals surface area contributed by atoms with E-state index >= 15 is 0 Å². The lowest BCUT2D eigenvalue weighted by molar-refractivity contribution is 1.37. The summed E-state index contributed by atoms with van der Waals surface area (Å²) in [4.78, 5) is 7.32. The highest BCUT2D eigenvalue weighted by Gasteiger charge is 2.08. The fourth-order valence-electron chi connectivity index (χ4n) is 2.44. The monoisotopic (exact) mass is 319 g/mol. The second-order valence-corrected chi connectivity index (χ2v) is 6.84. The van der Waals surface area contributed by atoms with Crippen LogP contribution in [-0.2, 0) is 0 Å². The van der Waals surface area contributed by atoms with Gasteiger partial charge in [-0.1, -0.05) is 36.4 Å². The molecule has 0 aliphatic heterocycles. The first-order chi connectivity index (χ1) is 10.9. The largest absolute Gasteiger partial charge is 0.248 e. The zero-order chi connectivity index (χ0) is 14.8. The topological polar surface area (TPSA) is 12.9 Å². The molecular formula is C19H13NS2. The van der Waals surface area contributed by atoms with E-state index in [0.29, 0.717) is 0 Å². The van der Waals surface area contributed by atoms with Crippen molar-refractivity contribution in [1.82, 2.24) is 4.98 Å². The van der Waals surface area contributed by atoms with Gasteiger partial charge in [0.2, 0.25) is 0 Å². The van der Waals surface area contributed by atoms with Gasteiger partial charge in [0.1, 0.15) is 0 Å². The van der Waals surface area contributed by atoms with E-state index in [4.69, 9.17) is 4.98 Å². The van der Waals surface area contributed by atoms with Gasteiger partial charge < -0.3 is 0 Å². The number of aromatic nitrogens is 1. The number of para-hydroxylation sites is 1. The van der Waals surface area contributed by atoms with E-state index in [1.54, 1.807) is 22.7 Å². The van der Waals surface area contributed by atoms with Crippen LogP contribution in [0.5, 0.6) is 0 Å². The van der Waals surface area contributed by atoms with Crippen LogP contribution in [0, 0.1) is 0 Å². The molecule has 0 fully saturated rings. The minimum Gasteiger partial charge on any atom is -0.248 e. The number of rotatable bonds is 3. The van der Waals surface area contributed by atoms with E-state index in [1.165, 1.54) is 20.7 Å². The number of thiophene rings is 2. The van der Waals surface area contributed by atoms with Crippen molar-refractivity contribution in [1.29, 1.82) is 0 Å². The first kappa shape index (κ1) is 13.4. The Morgan fingerprint density at radius 3 is 2.18 bits per heavy atom. The molecule has 1 aromatic carbocycles. The lowest BCUT2D eigenvalue weighted by Gasteiger charge is -2.04. The lowest BCUT2D eigenvalue weighted by Crippen LogP contribution is -1.86. The van der Waals surface area contributed by atoms with E-state index in [0.717, 1.165) is 11.2 Å². The summed E-state index contributed by atoms with van der Waals surface area (Å²) in [5, 5.41) is 5.41. The third kappa shape index (κ3) is 2.61. The second kappa shape index (κ2) is 5.87. The molecule has 3 aromatic heterocycles. The van der Waals surface area contributed by atoms with Crippen molar-refractivity contribution < 1.29 is 0 Å². The molecule has 0 bridgehead atoms. The summed E-state index contributed by atoms with van der Waals surface area (Å²) in [6.07, 6.45) is 2.18. The summed E-state index contributed by atoms with van der Waals surface area (Å²) < 4.78 is 0. The summed E-state index contributed by atoms with van der Waals surface area (Å²) >= 11 is 3.53.